The van der Waals surface area contributed by atoms with Crippen LogP contribution in [0.1, 0.15) is 41.8 Å². The van der Waals surface area contributed by atoms with Crippen molar-refractivity contribution in [3.8, 4) is 11.1 Å². The molecule has 0 aliphatic heterocycles. The summed E-state index contributed by atoms with van der Waals surface area (Å²) in [7, 11) is 0. The first-order valence-corrected chi connectivity index (χ1v) is 9.38. The van der Waals surface area contributed by atoms with Gasteiger partial charge in [-0.1, -0.05) is 85.8 Å². The van der Waals surface area contributed by atoms with Gasteiger partial charge in [0.2, 0.25) is 0 Å². The van der Waals surface area contributed by atoms with Crippen LogP contribution in [0.3, 0.4) is 0 Å². The number of carbonyl (C=O) groups is 1. The fourth-order valence-electron chi connectivity index (χ4n) is 3.34. The standard InChI is InChI=1S/C19H18O2.C6H6/c1-3-8-13-14-9-5-6-10-15(14)18-16(13)11-7-12-17(18)19(20)21-4-2;1-2-4-6-5-3-1/h5-12H,3-4H2,1-2H3;1-6H. The molecule has 0 radical (unpaired) electrons. The van der Waals surface area contributed by atoms with E-state index in [9.17, 15) is 4.79 Å². The van der Waals surface area contributed by atoms with Crippen LogP contribution in [0.15, 0.2) is 84.9 Å². The Morgan fingerprint density at radius 3 is 1.96 bits per heavy atom. The lowest BCUT2D eigenvalue weighted by Crippen LogP contribution is -2.06. The molecule has 0 fully saturated rings. The lowest BCUT2D eigenvalue weighted by atomic mass is 9.99. The van der Waals surface area contributed by atoms with Gasteiger partial charge in [0.25, 0.3) is 0 Å². The van der Waals surface area contributed by atoms with Crippen molar-refractivity contribution in [3.63, 3.8) is 0 Å². The molecule has 0 bridgehead atoms. The van der Waals surface area contributed by atoms with Gasteiger partial charge in [0, 0.05) is 5.56 Å². The fraction of sp³-hybridized carbons (Fsp3) is 0.160. The Kier molecular flexibility index (Phi) is 6.22. The van der Waals surface area contributed by atoms with Crippen molar-refractivity contribution >= 4 is 11.5 Å². The molecule has 0 aromatic heterocycles. The predicted molar refractivity (Wildman–Crippen MR) is 112 cm³/mol. The van der Waals surface area contributed by atoms with Crippen molar-refractivity contribution in [2.45, 2.75) is 20.3 Å². The van der Waals surface area contributed by atoms with Crippen LogP contribution in [0.25, 0.3) is 16.7 Å². The van der Waals surface area contributed by atoms with E-state index in [1.54, 1.807) is 0 Å². The minimum absolute atomic E-state index is 0.248. The molecule has 0 atom stereocenters. The average molecular weight is 356 g/mol. The molecule has 0 unspecified atom stereocenters. The average Bonchev–Trinajstić information content (AvgIpc) is 3.04. The number of benzene rings is 3. The largest absolute Gasteiger partial charge is 0.462 e. The molecule has 1 aliphatic carbocycles. The molecule has 0 spiro atoms. The summed E-state index contributed by atoms with van der Waals surface area (Å²) in [6, 6.07) is 26.1. The Morgan fingerprint density at radius 1 is 0.778 bits per heavy atom. The number of ether oxygens (including phenoxy) is 1. The smallest absolute Gasteiger partial charge is 0.338 e. The normalized spacial score (nSPS) is 12.6. The summed E-state index contributed by atoms with van der Waals surface area (Å²) in [5.74, 6) is -0.248. The van der Waals surface area contributed by atoms with E-state index in [0.29, 0.717) is 12.2 Å². The van der Waals surface area contributed by atoms with Crippen molar-refractivity contribution in [2.75, 3.05) is 6.61 Å². The van der Waals surface area contributed by atoms with Crippen LogP contribution < -0.4 is 0 Å². The van der Waals surface area contributed by atoms with E-state index < -0.39 is 0 Å². The van der Waals surface area contributed by atoms with E-state index in [4.69, 9.17) is 4.74 Å². The second-order valence-corrected chi connectivity index (χ2v) is 6.17. The molecule has 0 heterocycles. The maximum absolute atomic E-state index is 12.2. The van der Waals surface area contributed by atoms with Crippen molar-refractivity contribution in [1.29, 1.82) is 0 Å². The van der Waals surface area contributed by atoms with Crippen LogP contribution in [0.5, 0.6) is 0 Å². The molecular formula is C25H24O2. The zero-order valence-corrected chi connectivity index (χ0v) is 15.8. The summed E-state index contributed by atoms with van der Waals surface area (Å²) < 4.78 is 5.21. The van der Waals surface area contributed by atoms with Gasteiger partial charge in [-0.2, -0.15) is 0 Å². The number of hydrogen-bond donors (Lipinski definition) is 0. The molecular weight excluding hydrogens is 332 g/mol. The first-order chi connectivity index (χ1) is 13.3. The van der Waals surface area contributed by atoms with Gasteiger partial charge in [0.05, 0.1) is 12.2 Å². The Hall–Kier alpha value is -3.13. The van der Waals surface area contributed by atoms with Gasteiger partial charge in [-0.3, -0.25) is 0 Å². The number of allylic oxidation sites excluding steroid dienone is 1. The first-order valence-electron chi connectivity index (χ1n) is 9.38. The van der Waals surface area contributed by atoms with Crippen molar-refractivity contribution in [2.24, 2.45) is 0 Å². The highest BCUT2D eigenvalue weighted by Gasteiger charge is 2.27. The van der Waals surface area contributed by atoms with Crippen LogP contribution in [0.2, 0.25) is 0 Å². The van der Waals surface area contributed by atoms with E-state index in [1.807, 2.05) is 67.6 Å². The number of hydrogen-bond acceptors (Lipinski definition) is 2. The fourth-order valence-corrected chi connectivity index (χ4v) is 3.34. The molecule has 2 nitrogen and oxygen atoms in total. The van der Waals surface area contributed by atoms with Gasteiger partial charge in [-0.25, -0.2) is 4.79 Å². The molecule has 4 rings (SSSR count). The van der Waals surface area contributed by atoms with Gasteiger partial charge < -0.3 is 4.74 Å². The lowest BCUT2D eigenvalue weighted by molar-refractivity contribution is 0.0527. The Bertz CT molecular complexity index is 913. The van der Waals surface area contributed by atoms with Crippen molar-refractivity contribution in [1.82, 2.24) is 0 Å². The molecule has 27 heavy (non-hydrogen) atoms. The number of rotatable bonds is 3. The topological polar surface area (TPSA) is 26.3 Å². The Labute approximate surface area is 161 Å². The predicted octanol–water partition coefficient (Wildman–Crippen LogP) is 6.37. The minimum atomic E-state index is -0.248. The van der Waals surface area contributed by atoms with Crippen LogP contribution in [0.4, 0.5) is 0 Å². The molecule has 0 N–H and O–H groups in total. The van der Waals surface area contributed by atoms with Gasteiger partial charge in [0.1, 0.15) is 0 Å². The highest BCUT2D eigenvalue weighted by atomic mass is 16.5. The molecule has 2 heteroatoms. The Morgan fingerprint density at radius 2 is 1.37 bits per heavy atom. The van der Waals surface area contributed by atoms with Crippen LogP contribution in [-0.4, -0.2) is 12.6 Å². The number of esters is 1. The minimum Gasteiger partial charge on any atom is -0.462 e. The third kappa shape index (κ3) is 4.01. The van der Waals surface area contributed by atoms with Crippen LogP contribution in [0, 0.1) is 0 Å². The number of carbonyl (C=O) groups excluding carboxylic acids is 1. The zero-order chi connectivity index (χ0) is 19.1. The van der Waals surface area contributed by atoms with Gasteiger partial charge in [-0.15, -0.1) is 0 Å². The molecule has 0 saturated heterocycles. The maximum Gasteiger partial charge on any atom is 0.338 e. The number of fused-ring (bicyclic) bond motifs is 3. The van der Waals surface area contributed by atoms with Crippen molar-refractivity contribution < 1.29 is 9.53 Å². The van der Waals surface area contributed by atoms with Crippen molar-refractivity contribution in [3.05, 3.63) is 102 Å². The molecule has 1 aliphatic rings. The quantitative estimate of drug-likeness (QED) is 0.399. The summed E-state index contributed by atoms with van der Waals surface area (Å²) >= 11 is 0. The first kappa shape index (κ1) is 18.7. The van der Waals surface area contributed by atoms with Crippen LogP contribution >= 0.6 is 0 Å². The highest BCUT2D eigenvalue weighted by Crippen LogP contribution is 2.46. The summed E-state index contributed by atoms with van der Waals surface area (Å²) in [6.07, 6.45) is 3.19. The summed E-state index contributed by atoms with van der Waals surface area (Å²) in [5.41, 5.74) is 6.33. The monoisotopic (exact) mass is 356 g/mol. The molecule has 3 aromatic rings. The second kappa shape index (κ2) is 9.00. The highest BCUT2D eigenvalue weighted by molar-refractivity contribution is 6.09. The maximum atomic E-state index is 12.2. The zero-order valence-electron chi connectivity index (χ0n) is 15.8. The summed E-state index contributed by atoms with van der Waals surface area (Å²) in [5, 5.41) is 0. The summed E-state index contributed by atoms with van der Waals surface area (Å²) in [6.45, 7) is 4.35. The second-order valence-electron chi connectivity index (χ2n) is 6.17. The third-order valence-electron chi connectivity index (χ3n) is 4.41. The third-order valence-corrected chi connectivity index (χ3v) is 4.41. The van der Waals surface area contributed by atoms with Gasteiger partial charge in [-0.05, 0) is 41.7 Å². The van der Waals surface area contributed by atoms with Gasteiger partial charge >= 0.3 is 5.97 Å². The van der Waals surface area contributed by atoms with E-state index >= 15 is 0 Å². The van der Waals surface area contributed by atoms with E-state index in [1.165, 1.54) is 11.1 Å². The molecule has 0 saturated carbocycles. The lowest BCUT2D eigenvalue weighted by Gasteiger charge is -2.08. The van der Waals surface area contributed by atoms with E-state index in [2.05, 4.69) is 31.2 Å². The van der Waals surface area contributed by atoms with Gasteiger partial charge in [0.15, 0.2) is 0 Å². The van der Waals surface area contributed by atoms with Crippen LogP contribution in [-0.2, 0) is 4.74 Å². The molecule has 3 aromatic carbocycles. The summed E-state index contributed by atoms with van der Waals surface area (Å²) in [4.78, 5) is 12.2. The van der Waals surface area contributed by atoms with E-state index in [-0.39, 0.29) is 5.97 Å². The van der Waals surface area contributed by atoms with E-state index in [0.717, 1.165) is 23.1 Å². The molecule has 136 valence electrons. The molecule has 0 amide bonds. The SMILES string of the molecule is CCC=C1c2ccccc2-c2c(C(=O)OCC)cccc21.c1ccccc1. The Balaban J connectivity index is 0.000000299.